The molecule has 14 heteroatoms. The molecule has 0 fully saturated rings. The summed E-state index contributed by atoms with van der Waals surface area (Å²) in [4.78, 5) is 21.3. The van der Waals surface area contributed by atoms with Crippen LogP contribution >= 0.6 is 11.3 Å². The molecule has 0 spiro atoms. The van der Waals surface area contributed by atoms with E-state index in [2.05, 4.69) is 25.6 Å². The van der Waals surface area contributed by atoms with E-state index in [-0.39, 0.29) is 10.7 Å². The maximum atomic E-state index is 12.9. The minimum Gasteiger partial charge on any atom is -0.343 e. The van der Waals surface area contributed by atoms with Crippen molar-refractivity contribution in [2.24, 2.45) is 0 Å². The number of hydrogen-bond donors (Lipinski definition) is 1. The predicted octanol–water partition coefficient (Wildman–Crippen LogP) is 3.70. The standard InChI is InChI=1S/C21H17F3N6O3S2/c1-12(16-11-30(29-28-16)18-9-14(7-8-25-18)21(22,23)24)27-19(31)17-10-26-20(34-17)13-3-5-15(6-4-13)35(2,32)33/h3-12H,1-2H3,(H,27,31)/t12-/m0/s1. The maximum Gasteiger partial charge on any atom is 0.416 e. The van der Waals surface area contributed by atoms with Gasteiger partial charge >= 0.3 is 6.18 Å². The second kappa shape index (κ2) is 9.19. The smallest absolute Gasteiger partial charge is 0.343 e. The summed E-state index contributed by atoms with van der Waals surface area (Å²) in [6.45, 7) is 1.65. The highest BCUT2D eigenvalue weighted by Gasteiger charge is 2.31. The lowest BCUT2D eigenvalue weighted by Gasteiger charge is -2.09. The van der Waals surface area contributed by atoms with Crippen LogP contribution < -0.4 is 5.32 Å². The van der Waals surface area contributed by atoms with Gasteiger partial charge in [0.2, 0.25) is 0 Å². The molecule has 1 atom stereocenters. The number of benzene rings is 1. The summed E-state index contributed by atoms with van der Waals surface area (Å²) in [5.74, 6) is -0.494. The number of nitrogens with one attached hydrogen (secondary N) is 1. The number of alkyl halides is 3. The predicted molar refractivity (Wildman–Crippen MR) is 121 cm³/mol. The largest absolute Gasteiger partial charge is 0.416 e. The summed E-state index contributed by atoms with van der Waals surface area (Å²) >= 11 is 1.12. The van der Waals surface area contributed by atoms with E-state index in [4.69, 9.17) is 0 Å². The fourth-order valence-corrected chi connectivity index (χ4v) is 4.46. The molecule has 0 bridgehead atoms. The van der Waals surface area contributed by atoms with Gasteiger partial charge in [-0.2, -0.15) is 13.2 Å². The average molecular weight is 523 g/mol. The lowest BCUT2D eigenvalue weighted by atomic mass is 10.2. The van der Waals surface area contributed by atoms with Gasteiger partial charge in [-0.1, -0.05) is 17.3 Å². The number of aromatic nitrogens is 5. The van der Waals surface area contributed by atoms with E-state index in [1.54, 1.807) is 19.1 Å². The highest BCUT2D eigenvalue weighted by Crippen LogP contribution is 2.30. The Morgan fingerprint density at radius 3 is 2.51 bits per heavy atom. The van der Waals surface area contributed by atoms with Gasteiger partial charge in [0.1, 0.15) is 15.6 Å². The minimum atomic E-state index is -4.52. The van der Waals surface area contributed by atoms with Crippen LogP contribution in [-0.2, 0) is 16.0 Å². The lowest BCUT2D eigenvalue weighted by molar-refractivity contribution is -0.137. The van der Waals surface area contributed by atoms with Crippen molar-refractivity contribution in [2.75, 3.05) is 6.26 Å². The molecule has 0 aliphatic rings. The third-order valence-electron chi connectivity index (χ3n) is 4.87. The third-order valence-corrected chi connectivity index (χ3v) is 7.04. The normalized spacial score (nSPS) is 12.9. The molecule has 0 saturated carbocycles. The molecule has 0 aliphatic carbocycles. The molecule has 3 heterocycles. The van der Waals surface area contributed by atoms with E-state index < -0.39 is 33.5 Å². The number of pyridine rings is 1. The highest BCUT2D eigenvalue weighted by atomic mass is 32.2. The molecule has 1 amide bonds. The van der Waals surface area contributed by atoms with Crippen molar-refractivity contribution >= 4 is 27.1 Å². The van der Waals surface area contributed by atoms with Crippen LogP contribution in [0.3, 0.4) is 0 Å². The first kappa shape index (κ1) is 24.5. The maximum absolute atomic E-state index is 12.9. The Hall–Kier alpha value is -3.65. The van der Waals surface area contributed by atoms with E-state index >= 15 is 0 Å². The van der Waals surface area contributed by atoms with Gasteiger partial charge in [-0.25, -0.2) is 23.1 Å². The van der Waals surface area contributed by atoms with Gasteiger partial charge in [0.25, 0.3) is 5.91 Å². The molecule has 1 N–H and O–H groups in total. The van der Waals surface area contributed by atoms with Gasteiger partial charge in [-0.3, -0.25) is 4.79 Å². The van der Waals surface area contributed by atoms with Crippen LogP contribution in [0.15, 0.2) is 59.9 Å². The van der Waals surface area contributed by atoms with E-state index in [1.807, 2.05) is 0 Å². The Labute approximate surface area is 201 Å². The van der Waals surface area contributed by atoms with Crippen molar-refractivity contribution in [1.82, 2.24) is 30.3 Å². The zero-order valence-electron chi connectivity index (χ0n) is 18.2. The van der Waals surface area contributed by atoms with E-state index in [9.17, 15) is 26.4 Å². The lowest BCUT2D eigenvalue weighted by Crippen LogP contribution is -2.26. The monoisotopic (exact) mass is 522 g/mol. The number of rotatable bonds is 6. The number of halogens is 3. The summed E-state index contributed by atoms with van der Waals surface area (Å²) in [5, 5.41) is 11.0. The molecule has 3 aromatic heterocycles. The summed E-state index contributed by atoms with van der Waals surface area (Å²) in [6.07, 6.45) is 0.404. The molecule has 4 aromatic rings. The van der Waals surface area contributed by atoms with Crippen molar-refractivity contribution in [1.29, 1.82) is 0 Å². The first-order valence-electron chi connectivity index (χ1n) is 9.95. The van der Waals surface area contributed by atoms with E-state index in [0.717, 1.165) is 40.6 Å². The molecule has 182 valence electrons. The number of carbonyl (C=O) groups excluding carboxylic acids is 1. The van der Waals surface area contributed by atoms with E-state index in [0.29, 0.717) is 21.1 Å². The van der Waals surface area contributed by atoms with Crippen LogP contribution in [0, 0.1) is 0 Å². The van der Waals surface area contributed by atoms with Crippen LogP contribution in [0.4, 0.5) is 13.2 Å². The zero-order chi connectivity index (χ0) is 25.4. The van der Waals surface area contributed by atoms with Crippen LogP contribution in [0.25, 0.3) is 16.4 Å². The number of amides is 1. The van der Waals surface area contributed by atoms with Crippen LogP contribution in [0.1, 0.15) is 33.9 Å². The van der Waals surface area contributed by atoms with Crippen LogP contribution in [-0.4, -0.2) is 45.5 Å². The quantitative estimate of drug-likeness (QED) is 0.410. The Kier molecular flexibility index (Phi) is 6.42. The fourth-order valence-electron chi connectivity index (χ4n) is 3.01. The molecule has 0 unspecified atom stereocenters. The van der Waals surface area contributed by atoms with Crippen molar-refractivity contribution in [3.63, 3.8) is 0 Å². The first-order chi connectivity index (χ1) is 16.4. The Balaban J connectivity index is 1.45. The Morgan fingerprint density at radius 2 is 1.86 bits per heavy atom. The summed E-state index contributed by atoms with van der Waals surface area (Å²) in [6, 6.07) is 7.25. The van der Waals surface area contributed by atoms with Gasteiger partial charge in [0.15, 0.2) is 15.7 Å². The molecule has 9 nitrogen and oxygen atoms in total. The zero-order valence-corrected chi connectivity index (χ0v) is 19.8. The number of sulfone groups is 1. The van der Waals surface area contributed by atoms with Crippen LogP contribution in [0.2, 0.25) is 0 Å². The SMILES string of the molecule is C[C@H](NC(=O)c1cnc(-c2ccc(S(C)(=O)=O)cc2)s1)c1cn(-c2cc(C(F)(F)F)ccn2)nn1. The van der Waals surface area contributed by atoms with Crippen molar-refractivity contribution in [3.8, 4) is 16.4 Å². The van der Waals surface area contributed by atoms with Crippen LogP contribution in [0.5, 0.6) is 0 Å². The number of hydrogen-bond acceptors (Lipinski definition) is 8. The molecule has 4 rings (SSSR count). The fraction of sp³-hybridized carbons (Fsp3) is 0.190. The Morgan fingerprint density at radius 1 is 1.14 bits per heavy atom. The minimum absolute atomic E-state index is 0.0638. The van der Waals surface area contributed by atoms with Crippen molar-refractivity contribution < 1.29 is 26.4 Å². The molecule has 1 aromatic carbocycles. The Bertz CT molecular complexity index is 1480. The topological polar surface area (TPSA) is 120 Å². The molecule has 35 heavy (non-hydrogen) atoms. The number of nitrogens with zero attached hydrogens (tertiary/aromatic N) is 5. The van der Waals surface area contributed by atoms with Gasteiger partial charge < -0.3 is 5.32 Å². The number of carbonyl (C=O) groups is 1. The third kappa shape index (κ3) is 5.54. The molecular formula is C21H17F3N6O3S2. The molecule has 0 saturated heterocycles. The average Bonchev–Trinajstić information content (AvgIpc) is 3.49. The molecule has 0 aliphatic heterocycles. The van der Waals surface area contributed by atoms with Crippen molar-refractivity contribution in [3.05, 3.63) is 71.1 Å². The first-order valence-corrected chi connectivity index (χ1v) is 12.7. The van der Waals surface area contributed by atoms with Gasteiger partial charge in [0.05, 0.1) is 28.9 Å². The summed E-state index contributed by atoms with van der Waals surface area (Å²) < 4.78 is 63.1. The second-order valence-corrected chi connectivity index (χ2v) is 10.6. The highest BCUT2D eigenvalue weighted by molar-refractivity contribution is 7.90. The van der Waals surface area contributed by atoms with E-state index in [1.165, 1.54) is 24.5 Å². The summed E-state index contributed by atoms with van der Waals surface area (Å²) in [7, 11) is -3.32. The van der Waals surface area contributed by atoms with Crippen molar-refractivity contribution in [2.45, 2.75) is 24.0 Å². The molecule has 0 radical (unpaired) electrons. The second-order valence-electron chi connectivity index (χ2n) is 7.51. The summed E-state index contributed by atoms with van der Waals surface area (Å²) in [5.41, 5.74) is 0.109. The van der Waals surface area contributed by atoms with Gasteiger partial charge in [-0.05, 0) is 31.2 Å². The number of thiazole rings is 1. The van der Waals surface area contributed by atoms with Gasteiger partial charge in [0, 0.05) is 18.0 Å². The van der Waals surface area contributed by atoms with Gasteiger partial charge in [-0.15, -0.1) is 16.4 Å². The molecular weight excluding hydrogens is 505 g/mol.